The van der Waals surface area contributed by atoms with Gasteiger partial charge in [0, 0.05) is 31.3 Å². The number of fused-ring (bicyclic) bond motifs is 1. The van der Waals surface area contributed by atoms with Gasteiger partial charge in [0.25, 0.3) is 0 Å². The Labute approximate surface area is 204 Å². The molecule has 35 heavy (non-hydrogen) atoms. The summed E-state index contributed by atoms with van der Waals surface area (Å²) in [5.41, 5.74) is 1.79. The van der Waals surface area contributed by atoms with E-state index >= 15 is 0 Å². The van der Waals surface area contributed by atoms with Crippen molar-refractivity contribution in [3.63, 3.8) is 0 Å². The van der Waals surface area contributed by atoms with Crippen LogP contribution in [0.3, 0.4) is 0 Å². The van der Waals surface area contributed by atoms with E-state index in [9.17, 15) is 8.42 Å². The van der Waals surface area contributed by atoms with Gasteiger partial charge in [-0.1, -0.05) is 17.7 Å². The molecule has 0 bridgehead atoms. The smallest absolute Gasteiger partial charge is 0.233 e. The lowest BCUT2D eigenvalue weighted by Gasteiger charge is -2.26. The van der Waals surface area contributed by atoms with Gasteiger partial charge in [0.1, 0.15) is 13.2 Å². The van der Waals surface area contributed by atoms with Crippen LogP contribution in [0.15, 0.2) is 56.8 Å². The van der Waals surface area contributed by atoms with Crippen molar-refractivity contribution in [1.82, 2.24) is 9.88 Å². The van der Waals surface area contributed by atoms with Crippen LogP contribution in [-0.2, 0) is 14.6 Å². The molecule has 1 aromatic heterocycles. The number of aromatic nitrogens is 1. The molecule has 0 radical (unpaired) electrons. The molecule has 0 amide bonds. The van der Waals surface area contributed by atoms with Gasteiger partial charge in [0.15, 0.2) is 11.5 Å². The highest BCUT2D eigenvalue weighted by Crippen LogP contribution is 2.37. The number of hydrogen-bond acceptors (Lipinski definition) is 9. The number of sulfone groups is 1. The van der Waals surface area contributed by atoms with Gasteiger partial charge in [-0.25, -0.2) is 8.42 Å². The van der Waals surface area contributed by atoms with Crippen molar-refractivity contribution in [2.45, 2.75) is 23.3 Å². The second kappa shape index (κ2) is 10.3. The summed E-state index contributed by atoms with van der Waals surface area (Å²) in [6.45, 7) is 7.52. The first kappa shape index (κ1) is 23.7. The van der Waals surface area contributed by atoms with Crippen LogP contribution >= 0.6 is 0 Å². The molecule has 3 aromatic rings. The SMILES string of the molecule is Cc1ccc(-c2nc(S(=O)(=O)c3ccc4c(c3)OCCO4)c(NCCCN3CCOCC3)o2)cc1. The number of hydrogen-bond donors (Lipinski definition) is 1. The van der Waals surface area contributed by atoms with Gasteiger partial charge in [0.05, 0.1) is 18.1 Å². The third-order valence-corrected chi connectivity index (χ3v) is 7.67. The van der Waals surface area contributed by atoms with Crippen molar-refractivity contribution in [3.05, 3.63) is 48.0 Å². The van der Waals surface area contributed by atoms with Crippen molar-refractivity contribution in [1.29, 1.82) is 0 Å². The lowest BCUT2D eigenvalue weighted by atomic mass is 10.1. The highest BCUT2D eigenvalue weighted by Gasteiger charge is 2.30. The summed E-state index contributed by atoms with van der Waals surface area (Å²) in [4.78, 5) is 6.82. The van der Waals surface area contributed by atoms with Crippen molar-refractivity contribution >= 4 is 15.7 Å². The third-order valence-electron chi connectivity index (χ3n) is 6.01. The summed E-state index contributed by atoms with van der Waals surface area (Å²) in [6.07, 6.45) is 0.823. The fourth-order valence-electron chi connectivity index (χ4n) is 4.05. The molecule has 0 aliphatic carbocycles. The molecule has 2 aliphatic heterocycles. The van der Waals surface area contributed by atoms with Crippen LogP contribution in [0.1, 0.15) is 12.0 Å². The largest absolute Gasteiger partial charge is 0.486 e. The van der Waals surface area contributed by atoms with E-state index < -0.39 is 9.84 Å². The highest BCUT2D eigenvalue weighted by atomic mass is 32.2. The van der Waals surface area contributed by atoms with E-state index in [0.717, 1.165) is 44.8 Å². The Kier molecular flexibility index (Phi) is 6.94. The molecule has 2 aliphatic rings. The molecule has 186 valence electrons. The fourth-order valence-corrected chi connectivity index (χ4v) is 5.35. The molecule has 0 unspecified atom stereocenters. The van der Waals surface area contributed by atoms with E-state index in [1.165, 1.54) is 12.1 Å². The number of anilines is 1. The molecule has 1 N–H and O–H groups in total. The van der Waals surface area contributed by atoms with Crippen molar-refractivity contribution < 1.29 is 27.0 Å². The van der Waals surface area contributed by atoms with Gasteiger partial charge in [-0.3, -0.25) is 4.90 Å². The molecule has 0 atom stereocenters. The Hall–Kier alpha value is -3.08. The summed E-state index contributed by atoms with van der Waals surface area (Å²) in [5, 5.41) is 3.03. The van der Waals surface area contributed by atoms with Gasteiger partial charge < -0.3 is 23.9 Å². The lowest BCUT2D eigenvalue weighted by molar-refractivity contribution is 0.0378. The van der Waals surface area contributed by atoms with Crippen LogP contribution in [0.5, 0.6) is 11.5 Å². The minimum Gasteiger partial charge on any atom is -0.486 e. The lowest BCUT2D eigenvalue weighted by Crippen LogP contribution is -2.37. The quantitative estimate of drug-likeness (QED) is 0.467. The second-order valence-corrected chi connectivity index (χ2v) is 10.4. The maximum atomic E-state index is 13.6. The first-order valence-electron chi connectivity index (χ1n) is 11.8. The minimum absolute atomic E-state index is 0.0712. The summed E-state index contributed by atoms with van der Waals surface area (Å²) in [5.74, 6) is 1.31. The Morgan fingerprint density at radius 2 is 1.71 bits per heavy atom. The van der Waals surface area contributed by atoms with E-state index in [-0.39, 0.29) is 21.7 Å². The van der Waals surface area contributed by atoms with E-state index in [1.807, 2.05) is 31.2 Å². The number of nitrogens with zero attached hydrogens (tertiary/aromatic N) is 2. The zero-order chi connectivity index (χ0) is 24.3. The van der Waals surface area contributed by atoms with Gasteiger partial charge >= 0.3 is 0 Å². The molecule has 2 aromatic carbocycles. The van der Waals surface area contributed by atoms with Crippen molar-refractivity contribution in [2.75, 3.05) is 57.9 Å². The molecule has 0 spiro atoms. The van der Waals surface area contributed by atoms with Crippen LogP contribution < -0.4 is 14.8 Å². The average molecular weight is 500 g/mol. The molecular weight excluding hydrogens is 470 g/mol. The first-order chi connectivity index (χ1) is 17.0. The third kappa shape index (κ3) is 5.29. The van der Waals surface area contributed by atoms with Crippen LogP contribution in [0.25, 0.3) is 11.5 Å². The predicted molar refractivity (Wildman–Crippen MR) is 130 cm³/mol. The van der Waals surface area contributed by atoms with E-state index in [1.54, 1.807) is 6.07 Å². The topological polar surface area (TPSA) is 103 Å². The number of aryl methyl sites for hydroxylation is 1. The fraction of sp³-hybridized carbons (Fsp3) is 0.400. The molecule has 1 saturated heterocycles. The van der Waals surface area contributed by atoms with Gasteiger partial charge in [-0.15, -0.1) is 0 Å². The monoisotopic (exact) mass is 499 g/mol. The summed E-state index contributed by atoms with van der Waals surface area (Å²) < 4.78 is 49.7. The summed E-state index contributed by atoms with van der Waals surface area (Å²) >= 11 is 0. The average Bonchev–Trinajstić information content (AvgIpc) is 3.32. The van der Waals surface area contributed by atoms with E-state index in [4.69, 9.17) is 18.6 Å². The van der Waals surface area contributed by atoms with Crippen LogP contribution in [0.4, 0.5) is 5.88 Å². The summed E-state index contributed by atoms with van der Waals surface area (Å²) in [7, 11) is -3.99. The minimum atomic E-state index is -3.99. The Morgan fingerprint density at radius 1 is 0.971 bits per heavy atom. The van der Waals surface area contributed by atoms with Gasteiger partial charge in [-0.2, -0.15) is 4.98 Å². The second-order valence-electron chi connectivity index (χ2n) is 8.56. The zero-order valence-electron chi connectivity index (χ0n) is 19.7. The maximum absolute atomic E-state index is 13.6. The standard InChI is InChI=1S/C25H29N3O6S/c1-18-3-5-19(6-4-18)23-27-25(24(34-23)26-9-2-10-28-11-13-31-14-12-28)35(29,30)20-7-8-21-22(17-20)33-16-15-32-21/h3-8,17,26H,2,9-16H2,1H3. The van der Waals surface area contributed by atoms with Crippen LogP contribution in [0.2, 0.25) is 0 Å². The molecule has 1 fully saturated rings. The number of benzene rings is 2. The number of ether oxygens (including phenoxy) is 3. The highest BCUT2D eigenvalue weighted by molar-refractivity contribution is 7.91. The predicted octanol–water partition coefficient (Wildman–Crippen LogP) is 3.39. The van der Waals surface area contributed by atoms with Crippen molar-refractivity contribution in [3.8, 4) is 23.0 Å². The van der Waals surface area contributed by atoms with E-state index in [0.29, 0.717) is 36.8 Å². The van der Waals surface area contributed by atoms with Gasteiger partial charge in [0.2, 0.25) is 26.6 Å². The molecule has 0 saturated carbocycles. The molecule has 3 heterocycles. The maximum Gasteiger partial charge on any atom is 0.233 e. The molecular formula is C25H29N3O6S. The zero-order valence-corrected chi connectivity index (χ0v) is 20.5. The van der Waals surface area contributed by atoms with Crippen molar-refractivity contribution in [2.24, 2.45) is 0 Å². The van der Waals surface area contributed by atoms with Crippen LogP contribution in [0, 0.1) is 6.92 Å². The summed E-state index contributed by atoms with van der Waals surface area (Å²) in [6, 6.07) is 12.2. The Balaban J connectivity index is 1.41. The number of morpholine rings is 1. The Morgan fingerprint density at radius 3 is 2.49 bits per heavy atom. The van der Waals surface area contributed by atoms with Crippen LogP contribution in [-0.4, -0.2) is 70.9 Å². The Bertz CT molecular complexity index is 1270. The number of oxazole rings is 1. The number of nitrogens with one attached hydrogen (secondary N) is 1. The van der Waals surface area contributed by atoms with Gasteiger partial charge in [-0.05, 0) is 44.2 Å². The van der Waals surface area contributed by atoms with E-state index in [2.05, 4.69) is 15.2 Å². The number of rotatable bonds is 8. The molecule has 10 heteroatoms. The molecule has 5 rings (SSSR count). The molecule has 9 nitrogen and oxygen atoms in total. The normalized spacial score (nSPS) is 16.3. The first-order valence-corrected chi connectivity index (χ1v) is 13.3.